The summed E-state index contributed by atoms with van der Waals surface area (Å²) >= 11 is 1.67. The molecule has 0 N–H and O–H groups in total. The lowest BCUT2D eigenvalue weighted by atomic mass is 10.0. The van der Waals surface area contributed by atoms with Crippen LogP contribution < -0.4 is 0 Å². The van der Waals surface area contributed by atoms with Gasteiger partial charge in [-0.05, 0) is 56.6 Å². The Bertz CT molecular complexity index is 715. The number of aromatic nitrogens is 1. The molecule has 0 spiro atoms. The summed E-state index contributed by atoms with van der Waals surface area (Å²) in [6.45, 7) is 5.98. The van der Waals surface area contributed by atoms with Crippen molar-refractivity contribution in [2.24, 2.45) is 0 Å². The third-order valence-electron chi connectivity index (χ3n) is 5.59. The molecule has 0 aromatic carbocycles. The van der Waals surface area contributed by atoms with Crippen molar-refractivity contribution in [2.45, 2.75) is 18.9 Å². The summed E-state index contributed by atoms with van der Waals surface area (Å²) in [4.78, 5) is 25.4. The van der Waals surface area contributed by atoms with Crippen LogP contribution in [0.3, 0.4) is 0 Å². The van der Waals surface area contributed by atoms with Crippen molar-refractivity contribution in [1.29, 1.82) is 0 Å². The predicted molar refractivity (Wildman–Crippen MR) is 106 cm³/mol. The summed E-state index contributed by atoms with van der Waals surface area (Å²) in [5, 5.41) is 2.04. The average Bonchev–Trinajstić information content (AvgIpc) is 3.23. The van der Waals surface area contributed by atoms with Gasteiger partial charge in [-0.1, -0.05) is 6.07 Å². The lowest BCUT2D eigenvalue weighted by molar-refractivity contribution is 0.0475. The number of piperidine rings is 1. The number of hydrogen-bond donors (Lipinski definition) is 0. The first kappa shape index (κ1) is 17.6. The molecule has 0 atom stereocenters. The van der Waals surface area contributed by atoms with Crippen molar-refractivity contribution in [1.82, 2.24) is 19.7 Å². The number of rotatable bonds is 3. The number of pyridine rings is 1. The fourth-order valence-corrected chi connectivity index (χ4v) is 4.63. The molecule has 2 aromatic rings. The van der Waals surface area contributed by atoms with Gasteiger partial charge in [-0.25, -0.2) is 0 Å². The zero-order valence-corrected chi connectivity index (χ0v) is 16.1. The van der Waals surface area contributed by atoms with Gasteiger partial charge in [0.25, 0.3) is 5.91 Å². The fraction of sp³-hybridized carbons (Fsp3) is 0.500. The van der Waals surface area contributed by atoms with E-state index in [9.17, 15) is 4.79 Å². The van der Waals surface area contributed by atoms with E-state index in [2.05, 4.69) is 27.9 Å². The number of piperazine rings is 1. The van der Waals surface area contributed by atoms with Gasteiger partial charge in [-0.15, -0.1) is 11.3 Å². The lowest BCUT2D eigenvalue weighted by Crippen LogP contribution is -2.54. The van der Waals surface area contributed by atoms with Gasteiger partial charge in [-0.2, -0.15) is 0 Å². The first-order valence-electron chi connectivity index (χ1n) is 9.42. The Hall–Kier alpha value is -1.76. The highest BCUT2D eigenvalue weighted by Crippen LogP contribution is 2.23. The Kier molecular flexibility index (Phi) is 5.33. The van der Waals surface area contributed by atoms with Crippen molar-refractivity contribution < 1.29 is 4.79 Å². The van der Waals surface area contributed by atoms with E-state index >= 15 is 0 Å². The van der Waals surface area contributed by atoms with Gasteiger partial charge in [-0.3, -0.25) is 14.7 Å². The van der Waals surface area contributed by atoms with E-state index in [0.29, 0.717) is 11.6 Å². The maximum absolute atomic E-state index is 12.8. The zero-order valence-electron chi connectivity index (χ0n) is 15.3. The molecule has 4 rings (SSSR count). The standard InChI is InChI=1S/C20H26N4OS/c1-22-8-6-17(7-9-22)23-10-12-24(13-11-23)20(25)16-4-5-18(21-15-16)19-3-2-14-26-19/h2-5,14-15,17H,6-13H2,1H3. The molecule has 0 aliphatic carbocycles. The van der Waals surface area contributed by atoms with Crippen molar-refractivity contribution in [3.05, 3.63) is 41.4 Å². The van der Waals surface area contributed by atoms with Crippen molar-refractivity contribution >= 4 is 17.2 Å². The summed E-state index contributed by atoms with van der Waals surface area (Å²) in [6, 6.07) is 8.62. The maximum Gasteiger partial charge on any atom is 0.255 e. The van der Waals surface area contributed by atoms with Crippen LogP contribution in [0.4, 0.5) is 0 Å². The number of nitrogens with zero attached hydrogens (tertiary/aromatic N) is 4. The minimum Gasteiger partial charge on any atom is -0.336 e. The molecule has 2 fully saturated rings. The van der Waals surface area contributed by atoms with Crippen molar-refractivity contribution in [2.75, 3.05) is 46.3 Å². The Morgan fingerprint density at radius 3 is 2.46 bits per heavy atom. The van der Waals surface area contributed by atoms with E-state index in [1.807, 2.05) is 28.5 Å². The zero-order chi connectivity index (χ0) is 17.9. The molecular weight excluding hydrogens is 344 g/mol. The monoisotopic (exact) mass is 370 g/mol. The van der Waals surface area contributed by atoms with E-state index in [1.54, 1.807) is 17.5 Å². The van der Waals surface area contributed by atoms with E-state index in [4.69, 9.17) is 0 Å². The Morgan fingerprint density at radius 2 is 1.85 bits per heavy atom. The summed E-state index contributed by atoms with van der Waals surface area (Å²) < 4.78 is 0. The van der Waals surface area contributed by atoms with Gasteiger partial charge >= 0.3 is 0 Å². The van der Waals surface area contributed by atoms with E-state index in [1.165, 1.54) is 25.9 Å². The normalized spacial score (nSPS) is 20.4. The van der Waals surface area contributed by atoms with Gasteiger partial charge in [0.1, 0.15) is 0 Å². The minimum absolute atomic E-state index is 0.109. The molecule has 2 saturated heterocycles. The quantitative estimate of drug-likeness (QED) is 0.833. The smallest absolute Gasteiger partial charge is 0.255 e. The first-order chi connectivity index (χ1) is 12.7. The van der Waals surface area contributed by atoms with Crippen molar-refractivity contribution in [3.8, 4) is 10.6 Å². The van der Waals surface area contributed by atoms with Crippen LogP contribution in [0.15, 0.2) is 35.8 Å². The molecule has 138 valence electrons. The average molecular weight is 371 g/mol. The SMILES string of the molecule is CN1CCC(N2CCN(C(=O)c3ccc(-c4cccs4)nc3)CC2)CC1. The topological polar surface area (TPSA) is 39.7 Å². The second-order valence-electron chi connectivity index (χ2n) is 7.27. The molecular formula is C20H26N4OS. The third kappa shape index (κ3) is 3.82. The van der Waals surface area contributed by atoms with E-state index < -0.39 is 0 Å². The molecule has 6 heteroatoms. The highest BCUT2D eigenvalue weighted by Gasteiger charge is 2.28. The van der Waals surface area contributed by atoms with Gasteiger partial charge in [0.15, 0.2) is 0 Å². The van der Waals surface area contributed by atoms with Gasteiger partial charge in [0.05, 0.1) is 16.1 Å². The largest absolute Gasteiger partial charge is 0.336 e. The molecule has 0 unspecified atom stereocenters. The van der Waals surface area contributed by atoms with Crippen LogP contribution in [0.25, 0.3) is 10.6 Å². The number of carbonyl (C=O) groups excluding carboxylic acids is 1. The highest BCUT2D eigenvalue weighted by atomic mass is 32.1. The predicted octanol–water partition coefficient (Wildman–Crippen LogP) is 2.66. The highest BCUT2D eigenvalue weighted by molar-refractivity contribution is 7.13. The molecule has 0 saturated carbocycles. The second kappa shape index (κ2) is 7.86. The summed E-state index contributed by atoms with van der Waals surface area (Å²) in [5.74, 6) is 0.109. The Labute approximate surface area is 159 Å². The van der Waals surface area contributed by atoms with Crippen LogP contribution in [0, 0.1) is 0 Å². The molecule has 2 aliphatic rings. The minimum atomic E-state index is 0.109. The molecule has 2 aromatic heterocycles. The van der Waals surface area contributed by atoms with Gasteiger partial charge in [0.2, 0.25) is 0 Å². The van der Waals surface area contributed by atoms with Crippen molar-refractivity contribution in [3.63, 3.8) is 0 Å². The van der Waals surface area contributed by atoms with E-state index in [-0.39, 0.29) is 5.91 Å². The van der Waals surface area contributed by atoms with Crippen LogP contribution in [-0.2, 0) is 0 Å². The molecule has 26 heavy (non-hydrogen) atoms. The number of likely N-dealkylation sites (tertiary alicyclic amines) is 1. The third-order valence-corrected chi connectivity index (χ3v) is 6.48. The van der Waals surface area contributed by atoms with Crippen LogP contribution in [-0.4, -0.2) is 77.9 Å². The fourth-order valence-electron chi connectivity index (χ4n) is 3.92. The second-order valence-corrected chi connectivity index (χ2v) is 8.22. The van der Waals surface area contributed by atoms with Gasteiger partial charge < -0.3 is 9.80 Å². The molecule has 0 bridgehead atoms. The van der Waals surface area contributed by atoms with Crippen LogP contribution in [0.1, 0.15) is 23.2 Å². The summed E-state index contributed by atoms with van der Waals surface area (Å²) in [7, 11) is 2.20. The van der Waals surface area contributed by atoms with E-state index in [0.717, 1.165) is 36.8 Å². The Morgan fingerprint density at radius 1 is 1.08 bits per heavy atom. The molecule has 0 radical (unpaired) electrons. The summed E-state index contributed by atoms with van der Waals surface area (Å²) in [5.41, 5.74) is 1.63. The van der Waals surface area contributed by atoms with Crippen LogP contribution in [0.2, 0.25) is 0 Å². The molecule has 5 nitrogen and oxygen atoms in total. The summed E-state index contributed by atoms with van der Waals surface area (Å²) in [6.07, 6.45) is 4.22. The lowest BCUT2D eigenvalue weighted by Gasteiger charge is -2.42. The number of carbonyl (C=O) groups is 1. The van der Waals surface area contributed by atoms with Crippen LogP contribution >= 0.6 is 11.3 Å². The molecule has 2 aliphatic heterocycles. The molecule has 1 amide bonds. The van der Waals surface area contributed by atoms with Gasteiger partial charge in [0, 0.05) is 38.4 Å². The number of amides is 1. The maximum atomic E-state index is 12.8. The number of hydrogen-bond acceptors (Lipinski definition) is 5. The first-order valence-corrected chi connectivity index (χ1v) is 10.3. The Balaban J connectivity index is 1.33. The van der Waals surface area contributed by atoms with Crippen LogP contribution in [0.5, 0.6) is 0 Å². The number of thiophene rings is 1. The molecule has 4 heterocycles.